The van der Waals surface area contributed by atoms with Crippen molar-refractivity contribution < 1.29 is 8.42 Å². The maximum Gasteiger partial charge on any atom is 0.258 e. The Labute approximate surface area is 98.8 Å². The van der Waals surface area contributed by atoms with Crippen LogP contribution in [0.1, 0.15) is 25.2 Å². The topological polar surface area (TPSA) is 104 Å². The Morgan fingerprint density at radius 1 is 1.47 bits per heavy atom. The number of hydrogen-bond acceptors (Lipinski definition) is 4. The van der Waals surface area contributed by atoms with Crippen LogP contribution in [0.2, 0.25) is 0 Å². The van der Waals surface area contributed by atoms with E-state index in [4.69, 9.17) is 0 Å². The lowest BCUT2D eigenvalue weighted by Gasteiger charge is -2.13. The number of H-pyrrole nitrogens is 2. The third-order valence-corrected chi connectivity index (χ3v) is 3.71. The summed E-state index contributed by atoms with van der Waals surface area (Å²) >= 11 is 0. The third-order valence-electron chi connectivity index (χ3n) is 2.32. The fraction of sp³-hybridized carbons (Fsp3) is 0.333. The molecule has 0 amide bonds. The lowest BCUT2D eigenvalue weighted by molar-refractivity contribution is 0.537. The molecule has 0 aliphatic heterocycles. The van der Waals surface area contributed by atoms with Crippen molar-refractivity contribution in [3.05, 3.63) is 30.7 Å². The average molecular weight is 255 g/mol. The molecule has 0 aromatic carbocycles. The molecule has 2 rings (SSSR count). The van der Waals surface area contributed by atoms with Crippen molar-refractivity contribution in [1.82, 2.24) is 24.7 Å². The third kappa shape index (κ3) is 2.53. The molecule has 92 valence electrons. The molecular formula is C9H13N5O2S. The standard InChI is InChI=1S/C9H13N5O2S/c1-2-7(9-11-3-4-12-9)14-17(15,16)8-5-10-6-13-8/h3-7,14H,2H2,1H3,(H,10,13)(H,11,12). The molecule has 8 heteroatoms. The highest BCUT2D eigenvalue weighted by Crippen LogP contribution is 2.15. The van der Waals surface area contributed by atoms with Crippen LogP contribution < -0.4 is 4.72 Å². The van der Waals surface area contributed by atoms with Crippen molar-refractivity contribution in [2.24, 2.45) is 0 Å². The van der Waals surface area contributed by atoms with Crippen molar-refractivity contribution in [2.75, 3.05) is 0 Å². The summed E-state index contributed by atoms with van der Waals surface area (Å²) in [5.74, 6) is 0.593. The molecule has 1 atom stereocenters. The maximum atomic E-state index is 11.9. The number of nitrogens with zero attached hydrogens (tertiary/aromatic N) is 2. The lowest BCUT2D eigenvalue weighted by Crippen LogP contribution is -2.29. The van der Waals surface area contributed by atoms with Gasteiger partial charge in [0.1, 0.15) is 5.82 Å². The number of hydrogen-bond donors (Lipinski definition) is 3. The van der Waals surface area contributed by atoms with Gasteiger partial charge in [-0.05, 0) is 6.42 Å². The Morgan fingerprint density at radius 3 is 2.82 bits per heavy atom. The summed E-state index contributed by atoms with van der Waals surface area (Å²) in [7, 11) is -3.58. The minimum absolute atomic E-state index is 0.0440. The van der Waals surface area contributed by atoms with Gasteiger partial charge in [-0.3, -0.25) is 0 Å². The zero-order valence-corrected chi connectivity index (χ0v) is 10.0. The highest BCUT2D eigenvalue weighted by atomic mass is 32.2. The first-order chi connectivity index (χ1) is 8.13. The smallest absolute Gasteiger partial charge is 0.258 e. The molecule has 7 nitrogen and oxygen atoms in total. The van der Waals surface area contributed by atoms with Gasteiger partial charge in [-0.25, -0.2) is 18.4 Å². The Morgan fingerprint density at radius 2 is 2.29 bits per heavy atom. The Kier molecular flexibility index (Phi) is 3.25. The van der Waals surface area contributed by atoms with Crippen molar-refractivity contribution in [1.29, 1.82) is 0 Å². The first kappa shape index (κ1) is 11.8. The quantitative estimate of drug-likeness (QED) is 0.726. The molecule has 2 heterocycles. The number of aromatic amines is 2. The van der Waals surface area contributed by atoms with Gasteiger partial charge in [0.15, 0.2) is 5.03 Å². The van der Waals surface area contributed by atoms with E-state index in [1.165, 1.54) is 12.5 Å². The van der Waals surface area contributed by atoms with E-state index >= 15 is 0 Å². The highest BCUT2D eigenvalue weighted by Gasteiger charge is 2.22. The first-order valence-electron chi connectivity index (χ1n) is 5.13. The first-order valence-corrected chi connectivity index (χ1v) is 6.62. The van der Waals surface area contributed by atoms with Crippen LogP contribution in [-0.4, -0.2) is 28.4 Å². The second-order valence-corrected chi connectivity index (χ2v) is 5.15. The summed E-state index contributed by atoms with van der Waals surface area (Å²) in [5.41, 5.74) is 0. The van der Waals surface area contributed by atoms with E-state index in [2.05, 4.69) is 24.7 Å². The van der Waals surface area contributed by atoms with Gasteiger partial charge in [-0.2, -0.15) is 4.72 Å². The van der Waals surface area contributed by atoms with Crippen LogP contribution in [0.5, 0.6) is 0 Å². The van der Waals surface area contributed by atoms with Crippen LogP contribution >= 0.6 is 0 Å². The van der Waals surface area contributed by atoms with E-state index in [1.807, 2.05) is 6.92 Å². The zero-order chi connectivity index (χ0) is 12.3. The fourth-order valence-corrected chi connectivity index (χ4v) is 2.63. The van der Waals surface area contributed by atoms with Crippen LogP contribution in [-0.2, 0) is 10.0 Å². The molecule has 0 aliphatic carbocycles. The van der Waals surface area contributed by atoms with Crippen LogP contribution in [0.25, 0.3) is 0 Å². The Bertz CT molecular complexity index is 546. The molecule has 2 aromatic heterocycles. The van der Waals surface area contributed by atoms with Gasteiger partial charge in [0.2, 0.25) is 0 Å². The SMILES string of the molecule is CCC(NS(=O)(=O)c1cnc[nH]1)c1ncc[nH]1. The van der Waals surface area contributed by atoms with E-state index in [0.717, 1.165) is 0 Å². The van der Waals surface area contributed by atoms with Crippen LogP contribution in [0, 0.1) is 0 Å². The number of aromatic nitrogens is 4. The molecular weight excluding hydrogens is 242 g/mol. The number of rotatable bonds is 5. The molecule has 2 aromatic rings. The van der Waals surface area contributed by atoms with Gasteiger partial charge >= 0.3 is 0 Å². The molecule has 0 saturated carbocycles. The Balaban J connectivity index is 2.20. The van der Waals surface area contributed by atoms with Crippen molar-refractivity contribution in [3.8, 4) is 0 Å². The summed E-state index contributed by atoms with van der Waals surface area (Å²) in [6.07, 6.45) is 6.42. The summed E-state index contributed by atoms with van der Waals surface area (Å²) < 4.78 is 26.4. The molecule has 1 unspecified atom stereocenters. The van der Waals surface area contributed by atoms with Gasteiger partial charge in [0.25, 0.3) is 10.0 Å². The monoisotopic (exact) mass is 255 g/mol. The minimum atomic E-state index is -3.58. The summed E-state index contributed by atoms with van der Waals surface area (Å²) in [6, 6.07) is -0.377. The second kappa shape index (κ2) is 4.68. The van der Waals surface area contributed by atoms with E-state index in [9.17, 15) is 8.42 Å². The van der Waals surface area contributed by atoms with Gasteiger partial charge in [0.05, 0.1) is 18.6 Å². The van der Waals surface area contributed by atoms with Crippen LogP contribution in [0.3, 0.4) is 0 Å². The van der Waals surface area contributed by atoms with E-state index in [0.29, 0.717) is 12.2 Å². The molecule has 17 heavy (non-hydrogen) atoms. The predicted molar refractivity (Wildman–Crippen MR) is 60.5 cm³/mol. The van der Waals surface area contributed by atoms with Crippen LogP contribution in [0.4, 0.5) is 0 Å². The van der Waals surface area contributed by atoms with Gasteiger partial charge in [-0.15, -0.1) is 0 Å². The van der Waals surface area contributed by atoms with Crippen molar-refractivity contribution >= 4 is 10.0 Å². The summed E-state index contributed by atoms with van der Waals surface area (Å²) in [6.45, 7) is 1.88. The molecule has 0 bridgehead atoms. The zero-order valence-electron chi connectivity index (χ0n) is 9.21. The second-order valence-electron chi connectivity index (χ2n) is 3.47. The normalized spacial score (nSPS) is 13.7. The van der Waals surface area contributed by atoms with Crippen molar-refractivity contribution in [2.45, 2.75) is 24.4 Å². The summed E-state index contributed by atoms with van der Waals surface area (Å²) in [4.78, 5) is 13.2. The maximum absolute atomic E-state index is 11.9. The lowest BCUT2D eigenvalue weighted by atomic mass is 10.2. The largest absolute Gasteiger partial charge is 0.347 e. The van der Waals surface area contributed by atoms with Gasteiger partial charge < -0.3 is 9.97 Å². The van der Waals surface area contributed by atoms with Gasteiger partial charge in [0, 0.05) is 12.4 Å². The number of sulfonamides is 1. The molecule has 0 radical (unpaired) electrons. The molecule has 0 saturated heterocycles. The molecule has 0 fully saturated rings. The molecule has 0 spiro atoms. The molecule has 3 N–H and O–H groups in total. The van der Waals surface area contributed by atoms with E-state index < -0.39 is 10.0 Å². The number of nitrogens with one attached hydrogen (secondary N) is 3. The van der Waals surface area contributed by atoms with E-state index in [-0.39, 0.29) is 11.1 Å². The minimum Gasteiger partial charge on any atom is -0.347 e. The van der Waals surface area contributed by atoms with Crippen molar-refractivity contribution in [3.63, 3.8) is 0 Å². The predicted octanol–water partition coefficient (Wildman–Crippen LogP) is 0.562. The average Bonchev–Trinajstić information content (AvgIpc) is 2.97. The van der Waals surface area contributed by atoms with Crippen LogP contribution in [0.15, 0.2) is 29.9 Å². The molecule has 0 aliphatic rings. The van der Waals surface area contributed by atoms with Gasteiger partial charge in [-0.1, -0.05) is 6.92 Å². The Hall–Kier alpha value is -1.67. The van der Waals surface area contributed by atoms with E-state index in [1.54, 1.807) is 12.4 Å². The summed E-state index contributed by atoms with van der Waals surface area (Å²) in [5, 5.41) is 0.0440. The fourth-order valence-electron chi connectivity index (χ4n) is 1.44. The number of imidazole rings is 2. The highest BCUT2D eigenvalue weighted by molar-refractivity contribution is 7.89.